The van der Waals surface area contributed by atoms with Crippen molar-refractivity contribution in [3.05, 3.63) is 59.7 Å². The first-order chi connectivity index (χ1) is 57.8. The number of nitrogens with one attached hydrogen (secondary N) is 17. The standard InChI is InChI=1S/C72H104N22O24S4/c1-34(95)56-68(114)89-46(28-55(101)102)69(115)94-24-6-10-51(94)67(113)85-41(8-4-22-79-71(75)76)59(105)90-48-31-120-119-30-47-63(109)92-50(66(112)93-56)33-122-121-32-49(91-60(106)42(19-20-52(74)98)84-61(107)44(25-35-11-15-37(96)16-12-35)87-58(104)40(83-64(48)110)9-5-23-80-72(77)118)65(111)88-45(26-36-13-17-38(97)18-14-36)62(108)86-43(70(116)117)7-2-3-21-78-53(99)27-39(73)57(103)81-29-54(100)82-47/h11-18,34,39-51,56,95-97H,2-10,19-33,73H2,1H3,(H2,74,98)(H,78,99)(H,81,103)(H,82,100)(H,83,110)(H,84,107)(H,85,113)(H,86,108)(H,87,104)(H,88,111)(H,89,114)(H,90,105)(H,91,106)(H,92,109)(H,93,112)(H,101,102)(H,116,117)(H4,75,76,79)(H3,77,80,118)/t34-,39+,40+,41+,42+,43-,44+,45+,46+,47+,48+,49+,50+,51+,56+/m1/s1. The molecule has 4 aliphatic heterocycles. The predicted octanol–water partition coefficient (Wildman–Crippen LogP) is -8.47. The molecule has 0 spiro atoms. The molecule has 50 heteroatoms. The molecule has 670 valence electrons. The van der Waals surface area contributed by atoms with Crippen molar-refractivity contribution in [3.63, 3.8) is 0 Å². The minimum Gasteiger partial charge on any atom is -0.508 e. The highest BCUT2D eigenvalue weighted by atomic mass is 33.1. The number of phenolic OH excluding ortho intramolecular Hbond substituents is 2. The number of carbonyl (C=O) groups is 19. The third kappa shape index (κ3) is 33.8. The lowest BCUT2D eigenvalue weighted by Crippen LogP contribution is -2.62. The van der Waals surface area contributed by atoms with Gasteiger partial charge in [0.2, 0.25) is 94.5 Å². The number of aromatic hydroxyl groups is 2. The van der Waals surface area contributed by atoms with Crippen LogP contribution in [0, 0.1) is 5.41 Å². The van der Waals surface area contributed by atoms with Crippen molar-refractivity contribution < 1.29 is 117 Å². The highest BCUT2D eigenvalue weighted by Crippen LogP contribution is 2.27. The number of urea groups is 1. The van der Waals surface area contributed by atoms with Gasteiger partial charge in [0.05, 0.1) is 31.5 Å². The molecule has 0 radical (unpaired) electrons. The summed E-state index contributed by atoms with van der Waals surface area (Å²) in [5.41, 5.74) is 23.1. The lowest BCUT2D eigenvalue weighted by atomic mass is 10.0. The molecule has 30 N–H and O–H groups in total. The van der Waals surface area contributed by atoms with Crippen LogP contribution < -0.4 is 108 Å². The maximum atomic E-state index is 15.4. The smallest absolute Gasteiger partial charge is 0.326 e. The summed E-state index contributed by atoms with van der Waals surface area (Å²) in [4.78, 5) is 272. The molecule has 0 saturated carbocycles. The Balaban J connectivity index is 1.63. The van der Waals surface area contributed by atoms with Crippen molar-refractivity contribution in [3.8, 4) is 11.5 Å². The Labute approximate surface area is 713 Å². The Morgan fingerprint density at radius 1 is 0.500 bits per heavy atom. The number of rotatable bonds is 19. The van der Waals surface area contributed by atoms with E-state index in [9.17, 15) is 78.3 Å². The first-order valence-corrected chi connectivity index (χ1v) is 43.6. The van der Waals surface area contributed by atoms with E-state index in [1.807, 2.05) is 0 Å². The molecule has 122 heavy (non-hydrogen) atoms. The number of guanidine groups is 1. The summed E-state index contributed by atoms with van der Waals surface area (Å²) in [5.74, 6) is -25.5. The Morgan fingerprint density at radius 3 is 1.45 bits per heavy atom. The fraction of sp³-hybridized carbons (Fsp3) is 0.556. The molecule has 15 atom stereocenters. The van der Waals surface area contributed by atoms with Gasteiger partial charge in [-0.3, -0.25) is 86.9 Å². The summed E-state index contributed by atoms with van der Waals surface area (Å²) in [6.07, 6.45) is -7.43. The summed E-state index contributed by atoms with van der Waals surface area (Å²) in [7, 11) is 2.70. The number of nitrogens with zero attached hydrogens (tertiary/aromatic N) is 1. The molecule has 0 aromatic heterocycles. The van der Waals surface area contributed by atoms with E-state index >= 15 is 38.4 Å². The van der Waals surface area contributed by atoms with Gasteiger partial charge in [-0.2, -0.15) is 0 Å². The van der Waals surface area contributed by atoms with Gasteiger partial charge in [0.15, 0.2) is 5.96 Å². The summed E-state index contributed by atoms with van der Waals surface area (Å²) in [6, 6.07) is -16.6. The summed E-state index contributed by atoms with van der Waals surface area (Å²) in [6.45, 7) is -0.716. The zero-order valence-corrected chi connectivity index (χ0v) is 69.4. The minimum absolute atomic E-state index is 0.0140. The van der Waals surface area contributed by atoms with Crippen LogP contribution in [0.5, 0.6) is 11.5 Å². The number of aliphatic hydroxyl groups excluding tert-OH is 1. The van der Waals surface area contributed by atoms with Gasteiger partial charge in [-0.15, -0.1) is 0 Å². The Morgan fingerprint density at radius 2 is 0.943 bits per heavy atom. The fourth-order valence-corrected chi connectivity index (χ4v) is 17.3. The van der Waals surface area contributed by atoms with Crippen molar-refractivity contribution >= 4 is 162 Å². The highest BCUT2D eigenvalue weighted by molar-refractivity contribution is 8.77. The average Bonchev–Trinajstić information content (AvgIpc) is 1.65. The van der Waals surface area contributed by atoms with E-state index in [-0.39, 0.29) is 100 Å². The Bertz CT molecular complexity index is 4120. The van der Waals surface area contributed by atoms with Gasteiger partial charge < -0.3 is 138 Å². The monoisotopic (exact) mass is 1790 g/mol. The quantitative estimate of drug-likeness (QED) is 0.0269. The van der Waals surface area contributed by atoms with Gasteiger partial charge in [0.25, 0.3) is 0 Å². The van der Waals surface area contributed by atoms with Crippen LogP contribution in [0.15, 0.2) is 48.5 Å². The van der Waals surface area contributed by atoms with Gasteiger partial charge in [-0.05, 0) is 107 Å². The topological polar surface area (TPSA) is 749 Å². The zero-order chi connectivity index (χ0) is 89.9. The number of aliphatic carboxylic acids is 2. The van der Waals surface area contributed by atoms with Crippen LogP contribution in [-0.4, -0.2) is 295 Å². The predicted molar refractivity (Wildman–Crippen MR) is 440 cm³/mol. The van der Waals surface area contributed by atoms with Crippen molar-refractivity contribution in [2.45, 2.75) is 194 Å². The Hall–Kier alpha value is -11.6. The molecule has 6 rings (SSSR count). The first-order valence-electron chi connectivity index (χ1n) is 38.7. The lowest BCUT2D eigenvalue weighted by molar-refractivity contribution is -0.146. The number of nitrogens with two attached hydrogens (primary N) is 4. The molecule has 4 aliphatic rings. The highest BCUT2D eigenvalue weighted by Gasteiger charge is 2.43. The second-order valence-corrected chi connectivity index (χ2v) is 33.9. The van der Waals surface area contributed by atoms with E-state index in [2.05, 4.69) is 85.1 Å². The molecule has 18 amide bonds. The normalized spacial score (nSPS) is 26.3. The molecular weight excluding hydrogens is 1690 g/mol. The van der Waals surface area contributed by atoms with E-state index in [1.165, 1.54) is 48.5 Å². The molecule has 4 saturated heterocycles. The number of hydrogen-bond donors (Lipinski definition) is 26. The Kier molecular flexibility index (Phi) is 40.6. The molecule has 0 aliphatic carbocycles. The third-order valence-corrected chi connectivity index (χ3v) is 24.0. The van der Waals surface area contributed by atoms with E-state index in [1.54, 1.807) is 0 Å². The number of aliphatic hydroxyl groups is 1. The maximum Gasteiger partial charge on any atom is 0.326 e. The number of primary amides is 2. The number of carbonyl (C=O) groups excluding carboxylic acids is 17. The van der Waals surface area contributed by atoms with Crippen molar-refractivity contribution in [1.82, 2.24) is 90.0 Å². The fourth-order valence-electron chi connectivity index (χ4n) is 12.6. The number of amides is 18. The van der Waals surface area contributed by atoms with Crippen molar-refractivity contribution in [1.29, 1.82) is 5.41 Å². The molecule has 46 nitrogen and oxygen atoms in total. The lowest BCUT2D eigenvalue weighted by Gasteiger charge is -2.31. The average molecular weight is 1790 g/mol. The van der Waals surface area contributed by atoms with Crippen molar-refractivity contribution in [2.24, 2.45) is 22.9 Å². The summed E-state index contributed by atoms with van der Waals surface area (Å²) >= 11 is 0. The summed E-state index contributed by atoms with van der Waals surface area (Å²) < 4.78 is 0. The van der Waals surface area contributed by atoms with E-state index in [4.69, 9.17) is 28.3 Å². The van der Waals surface area contributed by atoms with E-state index in [0.29, 0.717) is 43.2 Å². The number of phenols is 2. The minimum atomic E-state index is -2.17. The number of carboxylic acids is 2. The molecule has 2 aromatic rings. The second-order valence-electron chi connectivity index (χ2n) is 28.8. The SMILES string of the molecule is C[C@@H](O)[C@@H]1NC(=O)[C@@H]2CSSC[C@@H]3NC(=O)[C@H](CCC(N)=O)NC(=O)[C@H](Cc4ccc(O)cc4)NC(=O)[C@H](CCCNC(N)=O)NC(=O)[C@H](CSSC[C@H](NC(=O)CNC(=O)[C@@H](N)CC(=O)NCCCC[C@H](C(=O)O)NC(=O)[C@H](Cc4ccc(O)cc4)NC3=O)C(=O)N2)NC(=O)[C@H](CCCNC(=N)N)NC(=O)[C@@H]2CCCN2C(=O)[C@H](CC(=O)O)NC1=O. The first kappa shape index (κ1) is 99.2. The van der Waals surface area contributed by atoms with Crippen molar-refractivity contribution in [2.75, 3.05) is 55.7 Å². The van der Waals surface area contributed by atoms with Crippen LogP contribution >= 0.6 is 43.2 Å². The maximum absolute atomic E-state index is 15.4. The number of hydrogen-bond acceptors (Lipinski definition) is 28. The van der Waals surface area contributed by atoms with Crippen LogP contribution in [0.1, 0.15) is 102 Å². The van der Waals surface area contributed by atoms with Crippen LogP contribution in [0.25, 0.3) is 0 Å². The van der Waals surface area contributed by atoms with Gasteiger partial charge >= 0.3 is 18.0 Å². The van der Waals surface area contributed by atoms with Crippen LogP contribution in [0.2, 0.25) is 0 Å². The molecule has 2 aromatic carbocycles. The van der Waals surface area contributed by atoms with Gasteiger partial charge in [-0.25, -0.2) is 9.59 Å². The molecule has 0 unspecified atom stereocenters. The largest absolute Gasteiger partial charge is 0.508 e. The van der Waals surface area contributed by atoms with E-state index < -0.39 is 284 Å². The van der Waals surface area contributed by atoms with Crippen LogP contribution in [-0.2, 0) is 99.1 Å². The summed E-state index contributed by atoms with van der Waals surface area (Å²) in [5, 5.41) is 99.5. The third-order valence-electron chi connectivity index (χ3n) is 19.1. The molecule has 4 heterocycles. The molecular formula is C72H104N22O24S4. The molecule has 4 fully saturated rings. The van der Waals surface area contributed by atoms with Gasteiger partial charge in [0, 0.05) is 68.5 Å². The zero-order valence-electron chi connectivity index (χ0n) is 66.1. The van der Waals surface area contributed by atoms with Gasteiger partial charge in [-0.1, -0.05) is 67.4 Å². The van der Waals surface area contributed by atoms with E-state index in [0.717, 1.165) is 11.8 Å². The van der Waals surface area contributed by atoms with Gasteiger partial charge in [0.1, 0.15) is 90.0 Å². The number of fused-ring (bicyclic) bond motifs is 9. The number of benzene rings is 2. The number of carboxylic acid groups (broad SMARTS) is 2. The van der Waals surface area contributed by atoms with Crippen LogP contribution in [0.4, 0.5) is 4.79 Å². The van der Waals surface area contributed by atoms with Crippen LogP contribution in [0.3, 0.4) is 0 Å². The second kappa shape index (κ2) is 49.9. The molecule has 4 bridgehead atoms.